The lowest BCUT2D eigenvalue weighted by Crippen LogP contribution is -2.33. The van der Waals surface area contributed by atoms with Gasteiger partial charge in [-0.2, -0.15) is 0 Å². The Morgan fingerprint density at radius 2 is 2.00 bits per heavy atom. The number of nitrogens with two attached hydrogens (primary N) is 1. The van der Waals surface area contributed by atoms with Crippen LogP contribution in [0.5, 0.6) is 0 Å². The fourth-order valence-electron chi connectivity index (χ4n) is 2.28. The molecule has 0 bridgehead atoms. The van der Waals surface area contributed by atoms with Crippen molar-refractivity contribution in [3.63, 3.8) is 0 Å². The zero-order valence-electron chi connectivity index (χ0n) is 10.2. The van der Waals surface area contributed by atoms with Crippen LogP contribution in [0.25, 0.3) is 0 Å². The summed E-state index contributed by atoms with van der Waals surface area (Å²) >= 11 is 0. The van der Waals surface area contributed by atoms with E-state index in [1.807, 2.05) is 0 Å². The maximum Gasteiger partial charge on any atom is 0.0615 e. The van der Waals surface area contributed by atoms with Crippen LogP contribution in [0.4, 0.5) is 0 Å². The van der Waals surface area contributed by atoms with Gasteiger partial charge in [-0.25, -0.2) is 0 Å². The molecular formula is C12H26N2O. The first-order valence-corrected chi connectivity index (χ1v) is 6.20. The molecule has 1 rings (SSSR count). The monoisotopic (exact) mass is 214 g/mol. The first kappa shape index (κ1) is 12.9. The van der Waals surface area contributed by atoms with Crippen molar-refractivity contribution >= 4 is 0 Å². The lowest BCUT2D eigenvalue weighted by Gasteiger charge is -2.30. The molecule has 0 heterocycles. The fourth-order valence-corrected chi connectivity index (χ4v) is 2.28. The normalized spacial score (nSPS) is 27.2. The Labute approximate surface area is 94.0 Å². The molecule has 0 saturated heterocycles. The number of nitrogens with zero attached hydrogens (tertiary/aromatic N) is 1. The van der Waals surface area contributed by atoms with Crippen LogP contribution in [0.2, 0.25) is 0 Å². The number of hydrogen-bond donors (Lipinski definition) is 1. The van der Waals surface area contributed by atoms with E-state index in [1.165, 1.54) is 25.7 Å². The molecule has 0 aromatic carbocycles. The summed E-state index contributed by atoms with van der Waals surface area (Å²) in [5.74, 6) is 0.609. The van der Waals surface area contributed by atoms with Gasteiger partial charge in [0.2, 0.25) is 0 Å². The molecule has 0 spiro atoms. The Kier molecular flexibility index (Phi) is 6.22. The van der Waals surface area contributed by atoms with E-state index < -0.39 is 0 Å². The van der Waals surface area contributed by atoms with Gasteiger partial charge in [0.05, 0.1) is 6.10 Å². The minimum atomic E-state index is 0.436. The third-order valence-electron chi connectivity index (χ3n) is 3.22. The summed E-state index contributed by atoms with van der Waals surface area (Å²) in [6.07, 6.45) is 6.68. The fraction of sp³-hybridized carbons (Fsp3) is 1.00. The molecule has 2 unspecified atom stereocenters. The first-order valence-electron chi connectivity index (χ1n) is 6.20. The Balaban J connectivity index is 2.12. The molecule has 90 valence electrons. The molecule has 1 saturated carbocycles. The molecule has 3 heteroatoms. The van der Waals surface area contributed by atoms with Crippen molar-refractivity contribution in [1.82, 2.24) is 4.90 Å². The van der Waals surface area contributed by atoms with Gasteiger partial charge in [0.1, 0.15) is 0 Å². The van der Waals surface area contributed by atoms with E-state index in [-0.39, 0.29) is 0 Å². The van der Waals surface area contributed by atoms with Crippen molar-refractivity contribution in [2.45, 2.75) is 38.2 Å². The second kappa shape index (κ2) is 7.20. The molecular weight excluding hydrogens is 188 g/mol. The molecule has 15 heavy (non-hydrogen) atoms. The number of rotatable bonds is 6. The average molecular weight is 214 g/mol. The van der Waals surface area contributed by atoms with Crippen LogP contribution in [0.15, 0.2) is 0 Å². The number of hydrogen-bond acceptors (Lipinski definition) is 3. The van der Waals surface area contributed by atoms with E-state index in [4.69, 9.17) is 10.5 Å². The first-order chi connectivity index (χ1) is 7.24. The Bertz CT molecular complexity index is 162. The van der Waals surface area contributed by atoms with Crippen LogP contribution in [0.3, 0.4) is 0 Å². The quantitative estimate of drug-likeness (QED) is 0.681. The van der Waals surface area contributed by atoms with Crippen LogP contribution >= 0.6 is 0 Å². The van der Waals surface area contributed by atoms with Crippen LogP contribution in [-0.2, 0) is 4.74 Å². The van der Waals surface area contributed by atoms with Gasteiger partial charge in [0.25, 0.3) is 0 Å². The highest BCUT2D eigenvalue weighted by atomic mass is 16.5. The topological polar surface area (TPSA) is 38.5 Å². The van der Waals surface area contributed by atoms with Gasteiger partial charge >= 0.3 is 0 Å². The van der Waals surface area contributed by atoms with E-state index in [2.05, 4.69) is 19.0 Å². The summed E-state index contributed by atoms with van der Waals surface area (Å²) in [6, 6.07) is 0. The highest BCUT2D eigenvalue weighted by molar-refractivity contribution is 4.76. The smallest absolute Gasteiger partial charge is 0.0615 e. The molecule has 0 amide bonds. The predicted octanol–water partition coefficient (Wildman–Crippen LogP) is 1.47. The minimum Gasteiger partial charge on any atom is -0.378 e. The Hall–Kier alpha value is -0.120. The molecule has 1 aliphatic carbocycles. The number of ether oxygens (including phenoxy) is 1. The van der Waals surface area contributed by atoms with Crippen LogP contribution in [-0.4, -0.2) is 44.8 Å². The van der Waals surface area contributed by atoms with Crippen LogP contribution in [0, 0.1) is 5.92 Å². The van der Waals surface area contributed by atoms with Crippen molar-refractivity contribution in [2.24, 2.45) is 11.7 Å². The second-order valence-corrected chi connectivity index (χ2v) is 4.85. The summed E-state index contributed by atoms with van der Waals surface area (Å²) in [7, 11) is 4.20. The summed E-state index contributed by atoms with van der Waals surface area (Å²) < 4.78 is 5.93. The standard InChI is InChI=1S/C12H26N2O/c1-14(2)8-5-9-15-12-7-4-3-6-11(12)10-13/h11-12H,3-10,13H2,1-2H3. The van der Waals surface area contributed by atoms with Crippen molar-refractivity contribution < 1.29 is 4.74 Å². The largest absolute Gasteiger partial charge is 0.378 e. The van der Waals surface area contributed by atoms with E-state index in [1.54, 1.807) is 0 Å². The molecule has 0 aliphatic heterocycles. The second-order valence-electron chi connectivity index (χ2n) is 4.85. The maximum atomic E-state index is 5.93. The SMILES string of the molecule is CN(C)CCCOC1CCCCC1CN. The average Bonchev–Trinajstić information content (AvgIpc) is 2.24. The molecule has 0 radical (unpaired) electrons. The van der Waals surface area contributed by atoms with Gasteiger partial charge in [0.15, 0.2) is 0 Å². The van der Waals surface area contributed by atoms with E-state index in [0.717, 1.165) is 26.1 Å². The Morgan fingerprint density at radius 1 is 1.27 bits per heavy atom. The van der Waals surface area contributed by atoms with Gasteiger partial charge in [-0.3, -0.25) is 0 Å². The molecule has 1 fully saturated rings. The van der Waals surface area contributed by atoms with Crippen molar-refractivity contribution in [3.8, 4) is 0 Å². The zero-order valence-corrected chi connectivity index (χ0v) is 10.2. The van der Waals surface area contributed by atoms with Gasteiger partial charge in [0, 0.05) is 6.61 Å². The summed E-state index contributed by atoms with van der Waals surface area (Å²) in [5, 5.41) is 0. The third-order valence-corrected chi connectivity index (χ3v) is 3.22. The lowest BCUT2D eigenvalue weighted by molar-refractivity contribution is -0.0103. The third kappa shape index (κ3) is 4.96. The van der Waals surface area contributed by atoms with Crippen molar-refractivity contribution in [3.05, 3.63) is 0 Å². The molecule has 2 N–H and O–H groups in total. The van der Waals surface area contributed by atoms with Crippen LogP contribution < -0.4 is 5.73 Å². The van der Waals surface area contributed by atoms with Crippen molar-refractivity contribution in [1.29, 1.82) is 0 Å². The summed E-state index contributed by atoms with van der Waals surface area (Å²) in [4.78, 5) is 2.20. The highest BCUT2D eigenvalue weighted by Crippen LogP contribution is 2.25. The Morgan fingerprint density at radius 3 is 2.67 bits per heavy atom. The molecule has 0 aromatic heterocycles. The zero-order chi connectivity index (χ0) is 11.1. The molecule has 1 aliphatic rings. The van der Waals surface area contributed by atoms with E-state index >= 15 is 0 Å². The van der Waals surface area contributed by atoms with Gasteiger partial charge in [-0.05, 0) is 52.4 Å². The predicted molar refractivity (Wildman–Crippen MR) is 63.9 cm³/mol. The van der Waals surface area contributed by atoms with Gasteiger partial charge in [-0.15, -0.1) is 0 Å². The minimum absolute atomic E-state index is 0.436. The molecule has 2 atom stereocenters. The highest BCUT2D eigenvalue weighted by Gasteiger charge is 2.24. The van der Waals surface area contributed by atoms with Crippen LogP contribution in [0.1, 0.15) is 32.1 Å². The lowest BCUT2D eigenvalue weighted by atomic mass is 9.86. The van der Waals surface area contributed by atoms with Gasteiger partial charge < -0.3 is 15.4 Å². The van der Waals surface area contributed by atoms with E-state index in [9.17, 15) is 0 Å². The summed E-state index contributed by atoms with van der Waals surface area (Å²) in [6.45, 7) is 2.79. The maximum absolute atomic E-state index is 5.93. The van der Waals surface area contributed by atoms with E-state index in [0.29, 0.717) is 12.0 Å². The van der Waals surface area contributed by atoms with Gasteiger partial charge in [-0.1, -0.05) is 12.8 Å². The molecule has 0 aromatic rings. The van der Waals surface area contributed by atoms with Crippen molar-refractivity contribution in [2.75, 3.05) is 33.8 Å². The molecule has 3 nitrogen and oxygen atoms in total. The summed E-state index contributed by atoms with van der Waals surface area (Å²) in [5.41, 5.74) is 5.76.